The fourth-order valence-electron chi connectivity index (χ4n) is 1.48. The van der Waals surface area contributed by atoms with Gasteiger partial charge in [0.1, 0.15) is 0 Å². The first-order chi connectivity index (χ1) is 6.88. The van der Waals surface area contributed by atoms with Gasteiger partial charge >= 0.3 is 0 Å². The number of nitrogens with two attached hydrogens (primary N) is 1. The highest BCUT2D eigenvalue weighted by atomic mass is 19.1. The lowest BCUT2D eigenvalue weighted by Crippen LogP contribution is -2.38. The molecule has 0 aliphatic carbocycles. The number of rotatable bonds is 3. The fraction of sp³-hybridized carbons (Fsp3) is 0.500. The number of halogens is 1. The number of ether oxygens (including phenoxy) is 1. The average molecular weight is 211 g/mol. The van der Waals surface area contributed by atoms with Gasteiger partial charge in [0.15, 0.2) is 11.6 Å². The van der Waals surface area contributed by atoms with Gasteiger partial charge in [-0.3, -0.25) is 0 Å². The first-order valence-electron chi connectivity index (χ1n) is 4.99. The van der Waals surface area contributed by atoms with Crippen molar-refractivity contribution in [2.24, 2.45) is 5.73 Å². The van der Waals surface area contributed by atoms with Gasteiger partial charge in [0, 0.05) is 17.0 Å². The molecule has 1 aromatic rings. The molecule has 0 fully saturated rings. The lowest BCUT2D eigenvalue weighted by atomic mass is 9.84. The molecular formula is C12H18FNO. The lowest BCUT2D eigenvalue weighted by Gasteiger charge is -2.28. The minimum atomic E-state index is -0.402. The maximum absolute atomic E-state index is 13.4. The molecule has 0 saturated carbocycles. The van der Waals surface area contributed by atoms with Crippen LogP contribution in [0.15, 0.2) is 18.2 Å². The molecule has 0 heterocycles. The molecule has 0 aromatic heterocycles. The van der Waals surface area contributed by atoms with Crippen LogP contribution in [-0.4, -0.2) is 12.6 Å². The Morgan fingerprint density at radius 2 is 2.00 bits per heavy atom. The van der Waals surface area contributed by atoms with Gasteiger partial charge in [-0.2, -0.15) is 0 Å². The number of methoxy groups -OCH3 is 1. The van der Waals surface area contributed by atoms with Crippen LogP contribution in [0.2, 0.25) is 0 Å². The van der Waals surface area contributed by atoms with Crippen molar-refractivity contribution in [1.29, 1.82) is 0 Å². The zero-order valence-electron chi connectivity index (χ0n) is 9.67. The summed E-state index contributed by atoms with van der Waals surface area (Å²) in [6.07, 6.45) is 0. The second kappa shape index (κ2) is 4.19. The molecule has 0 amide bonds. The summed E-state index contributed by atoms with van der Waals surface area (Å²) in [5.74, 6) is -0.0159. The third-order valence-corrected chi connectivity index (χ3v) is 2.78. The second-order valence-corrected chi connectivity index (χ2v) is 4.41. The van der Waals surface area contributed by atoms with Gasteiger partial charge in [0.05, 0.1) is 7.11 Å². The molecule has 0 aliphatic rings. The quantitative estimate of drug-likeness (QED) is 0.834. The first-order valence-corrected chi connectivity index (χ1v) is 4.99. The molecule has 0 bridgehead atoms. The molecule has 2 nitrogen and oxygen atoms in total. The van der Waals surface area contributed by atoms with E-state index in [0.717, 1.165) is 5.56 Å². The molecule has 3 heteroatoms. The van der Waals surface area contributed by atoms with E-state index in [1.165, 1.54) is 13.2 Å². The molecule has 1 unspecified atom stereocenters. The predicted molar refractivity (Wildman–Crippen MR) is 59.6 cm³/mol. The van der Waals surface area contributed by atoms with E-state index in [2.05, 4.69) is 0 Å². The summed E-state index contributed by atoms with van der Waals surface area (Å²) in [5.41, 5.74) is 6.42. The van der Waals surface area contributed by atoms with Gasteiger partial charge < -0.3 is 10.5 Å². The van der Waals surface area contributed by atoms with Crippen molar-refractivity contribution < 1.29 is 9.13 Å². The number of benzene rings is 1. The van der Waals surface area contributed by atoms with Crippen LogP contribution in [0.5, 0.6) is 5.75 Å². The van der Waals surface area contributed by atoms with Crippen LogP contribution in [0, 0.1) is 5.82 Å². The third kappa shape index (κ3) is 2.48. The van der Waals surface area contributed by atoms with Crippen LogP contribution in [0.1, 0.15) is 32.3 Å². The van der Waals surface area contributed by atoms with Gasteiger partial charge in [-0.25, -0.2) is 4.39 Å². The predicted octanol–water partition coefficient (Wildman–Crippen LogP) is 2.68. The second-order valence-electron chi connectivity index (χ2n) is 4.41. The zero-order chi connectivity index (χ0) is 11.6. The Labute approximate surface area is 90.2 Å². The summed E-state index contributed by atoms with van der Waals surface area (Å²) in [6, 6.07) is 4.91. The van der Waals surface area contributed by atoms with Crippen molar-refractivity contribution in [1.82, 2.24) is 0 Å². The molecule has 84 valence electrons. The van der Waals surface area contributed by atoms with Crippen LogP contribution in [-0.2, 0) is 0 Å². The van der Waals surface area contributed by atoms with Gasteiger partial charge in [0.2, 0.25) is 0 Å². The van der Waals surface area contributed by atoms with Crippen LogP contribution < -0.4 is 10.5 Å². The van der Waals surface area contributed by atoms with E-state index < -0.39 is 5.54 Å². The van der Waals surface area contributed by atoms with Crippen LogP contribution in [0.3, 0.4) is 0 Å². The van der Waals surface area contributed by atoms with Crippen molar-refractivity contribution in [3.05, 3.63) is 29.6 Å². The smallest absolute Gasteiger partial charge is 0.165 e. The van der Waals surface area contributed by atoms with E-state index in [-0.39, 0.29) is 11.7 Å². The third-order valence-electron chi connectivity index (χ3n) is 2.78. The highest BCUT2D eigenvalue weighted by Gasteiger charge is 2.25. The summed E-state index contributed by atoms with van der Waals surface area (Å²) >= 11 is 0. The maximum atomic E-state index is 13.4. The summed E-state index contributed by atoms with van der Waals surface area (Å²) in [5, 5.41) is 0. The molecule has 0 aliphatic heterocycles. The Hall–Kier alpha value is -1.09. The Kier molecular flexibility index (Phi) is 3.35. The molecule has 1 rings (SSSR count). The number of hydrogen-bond acceptors (Lipinski definition) is 2. The van der Waals surface area contributed by atoms with E-state index in [0.29, 0.717) is 5.75 Å². The van der Waals surface area contributed by atoms with Gasteiger partial charge in [-0.1, -0.05) is 19.1 Å². The van der Waals surface area contributed by atoms with E-state index in [1.807, 2.05) is 26.8 Å². The minimum absolute atomic E-state index is 0.0307. The van der Waals surface area contributed by atoms with Crippen LogP contribution in [0.4, 0.5) is 4.39 Å². The summed E-state index contributed by atoms with van der Waals surface area (Å²) in [7, 11) is 1.47. The highest BCUT2D eigenvalue weighted by molar-refractivity contribution is 5.38. The summed E-state index contributed by atoms with van der Waals surface area (Å²) in [6.45, 7) is 5.81. The average Bonchev–Trinajstić information content (AvgIpc) is 2.14. The molecule has 1 atom stereocenters. The molecule has 0 spiro atoms. The van der Waals surface area contributed by atoms with Crippen LogP contribution >= 0.6 is 0 Å². The van der Waals surface area contributed by atoms with E-state index >= 15 is 0 Å². The molecule has 1 aromatic carbocycles. The summed E-state index contributed by atoms with van der Waals surface area (Å²) < 4.78 is 18.5. The molecule has 0 radical (unpaired) electrons. The van der Waals surface area contributed by atoms with Crippen molar-refractivity contribution in [2.75, 3.05) is 7.11 Å². The SMILES string of the molecule is COc1c(F)cccc1C(C)C(C)(C)N. The van der Waals surface area contributed by atoms with Crippen molar-refractivity contribution in [3.8, 4) is 5.75 Å². The van der Waals surface area contributed by atoms with Crippen molar-refractivity contribution >= 4 is 0 Å². The topological polar surface area (TPSA) is 35.2 Å². The molecule has 15 heavy (non-hydrogen) atoms. The highest BCUT2D eigenvalue weighted by Crippen LogP contribution is 2.34. The van der Waals surface area contributed by atoms with Crippen molar-refractivity contribution in [3.63, 3.8) is 0 Å². The Balaban J connectivity index is 3.20. The Morgan fingerprint density at radius 1 is 1.40 bits per heavy atom. The first kappa shape index (κ1) is 12.0. The Bertz CT molecular complexity index is 344. The van der Waals surface area contributed by atoms with E-state index in [9.17, 15) is 4.39 Å². The van der Waals surface area contributed by atoms with Gasteiger partial charge in [-0.15, -0.1) is 0 Å². The molecule has 2 N–H and O–H groups in total. The number of para-hydroxylation sites is 1. The van der Waals surface area contributed by atoms with Crippen LogP contribution in [0.25, 0.3) is 0 Å². The van der Waals surface area contributed by atoms with E-state index in [4.69, 9.17) is 10.5 Å². The monoisotopic (exact) mass is 211 g/mol. The minimum Gasteiger partial charge on any atom is -0.493 e. The zero-order valence-corrected chi connectivity index (χ0v) is 9.67. The maximum Gasteiger partial charge on any atom is 0.165 e. The van der Waals surface area contributed by atoms with Gasteiger partial charge in [0.25, 0.3) is 0 Å². The largest absolute Gasteiger partial charge is 0.493 e. The van der Waals surface area contributed by atoms with E-state index in [1.54, 1.807) is 6.07 Å². The lowest BCUT2D eigenvalue weighted by molar-refractivity contribution is 0.362. The van der Waals surface area contributed by atoms with Gasteiger partial charge in [-0.05, 0) is 19.9 Å². The Morgan fingerprint density at radius 3 is 2.47 bits per heavy atom. The molecule has 0 saturated heterocycles. The molecular weight excluding hydrogens is 193 g/mol. The summed E-state index contributed by atoms with van der Waals surface area (Å²) in [4.78, 5) is 0. The fourth-order valence-corrected chi connectivity index (χ4v) is 1.48. The van der Waals surface area contributed by atoms with Crippen molar-refractivity contribution in [2.45, 2.75) is 32.2 Å². The number of hydrogen-bond donors (Lipinski definition) is 1. The standard InChI is InChI=1S/C12H18FNO/c1-8(12(2,3)14)9-6-5-7-10(13)11(9)15-4/h5-8H,14H2,1-4H3. The normalized spacial score (nSPS) is 13.7.